The molecule has 1 atom stereocenters. The van der Waals surface area contributed by atoms with Gasteiger partial charge in [-0.3, -0.25) is 0 Å². The van der Waals surface area contributed by atoms with Crippen molar-refractivity contribution in [1.82, 2.24) is 9.71 Å². The molecule has 1 N–H and O–H groups in total. The molecule has 1 rings (SSSR count). The molecule has 1 aromatic rings. The molecule has 1 heterocycles. The summed E-state index contributed by atoms with van der Waals surface area (Å²) in [6.45, 7) is 6.63. The third-order valence-corrected chi connectivity index (χ3v) is 4.32. The van der Waals surface area contributed by atoms with Crippen LogP contribution in [0.15, 0.2) is 23.2 Å². The number of nitrogens with zero attached hydrogens (tertiary/aromatic N) is 1. The van der Waals surface area contributed by atoms with Crippen molar-refractivity contribution in [3.8, 4) is 0 Å². The zero-order chi connectivity index (χ0) is 14.5. The summed E-state index contributed by atoms with van der Waals surface area (Å²) in [4.78, 5) is 3.87. The number of hydrogen-bond acceptors (Lipinski definition) is 4. The summed E-state index contributed by atoms with van der Waals surface area (Å²) in [6, 6.07) is 2.45. The monoisotopic (exact) mass is 306 g/mol. The van der Waals surface area contributed by atoms with E-state index in [1.807, 2.05) is 20.8 Å². The average molecular weight is 307 g/mol. The van der Waals surface area contributed by atoms with Crippen LogP contribution in [0.4, 0.5) is 0 Å². The van der Waals surface area contributed by atoms with Crippen LogP contribution in [0.2, 0.25) is 5.15 Å². The van der Waals surface area contributed by atoms with E-state index in [0.717, 1.165) is 0 Å². The molecule has 1 unspecified atom stereocenters. The molecule has 0 spiro atoms. The van der Waals surface area contributed by atoms with Gasteiger partial charge in [0, 0.05) is 18.8 Å². The summed E-state index contributed by atoms with van der Waals surface area (Å²) in [6.07, 6.45) is 1.36. The van der Waals surface area contributed by atoms with Gasteiger partial charge in [0.15, 0.2) is 0 Å². The van der Waals surface area contributed by atoms with E-state index >= 15 is 0 Å². The van der Waals surface area contributed by atoms with Crippen molar-refractivity contribution in [3.63, 3.8) is 0 Å². The van der Waals surface area contributed by atoms with Crippen LogP contribution >= 0.6 is 11.6 Å². The second-order valence-corrected chi connectivity index (χ2v) is 6.55. The normalized spacial score (nSPS) is 13.7. The fourth-order valence-corrected chi connectivity index (χ4v) is 3.05. The number of ether oxygens (including phenoxy) is 1. The fraction of sp³-hybridized carbons (Fsp3) is 0.583. The van der Waals surface area contributed by atoms with E-state index in [4.69, 9.17) is 16.3 Å². The lowest BCUT2D eigenvalue weighted by molar-refractivity contribution is 0.116. The van der Waals surface area contributed by atoms with Crippen LogP contribution in [0.3, 0.4) is 0 Å². The Hall–Kier alpha value is -0.690. The maximum absolute atomic E-state index is 12.2. The Morgan fingerprint density at radius 1 is 1.47 bits per heavy atom. The van der Waals surface area contributed by atoms with Gasteiger partial charge in [-0.15, -0.1) is 0 Å². The van der Waals surface area contributed by atoms with E-state index < -0.39 is 10.0 Å². The highest BCUT2D eigenvalue weighted by Crippen LogP contribution is 2.14. The first-order valence-corrected chi connectivity index (χ1v) is 7.94. The number of nitrogens with one attached hydrogen (secondary N) is 1. The molecule has 0 saturated heterocycles. The Labute approximate surface area is 119 Å². The van der Waals surface area contributed by atoms with Crippen molar-refractivity contribution in [2.75, 3.05) is 13.2 Å². The smallest absolute Gasteiger partial charge is 0.241 e. The third-order valence-electron chi connectivity index (χ3n) is 2.62. The number of pyridine rings is 1. The number of aromatic nitrogens is 1. The van der Waals surface area contributed by atoms with E-state index in [1.54, 1.807) is 0 Å². The fourth-order valence-electron chi connectivity index (χ4n) is 1.43. The zero-order valence-corrected chi connectivity index (χ0v) is 12.8. The maximum Gasteiger partial charge on any atom is 0.241 e. The number of rotatable bonds is 7. The first-order valence-electron chi connectivity index (χ1n) is 6.08. The minimum Gasteiger partial charge on any atom is -0.380 e. The summed E-state index contributed by atoms with van der Waals surface area (Å²) in [5.74, 6) is 0.124. The first kappa shape index (κ1) is 16.4. The topological polar surface area (TPSA) is 68.3 Å². The molecule has 7 heteroatoms. The molecule has 0 aliphatic heterocycles. The van der Waals surface area contributed by atoms with Gasteiger partial charge in [-0.2, -0.15) is 0 Å². The van der Waals surface area contributed by atoms with Crippen LogP contribution in [0.25, 0.3) is 0 Å². The second-order valence-electron chi connectivity index (χ2n) is 4.45. The summed E-state index contributed by atoms with van der Waals surface area (Å²) >= 11 is 5.71. The van der Waals surface area contributed by atoms with Gasteiger partial charge < -0.3 is 4.74 Å². The molecule has 0 radical (unpaired) electrons. The standard InChI is InChI=1S/C12H19ClN2O3S/c1-4-18-8-11(9(2)3)15-19(16,17)10-5-6-14-12(13)7-10/h5-7,9,11,15H,4,8H2,1-3H3. The first-order chi connectivity index (χ1) is 8.86. The highest BCUT2D eigenvalue weighted by molar-refractivity contribution is 7.89. The molecular formula is C12H19ClN2O3S. The minimum absolute atomic E-state index is 0.106. The van der Waals surface area contributed by atoms with Gasteiger partial charge in [-0.1, -0.05) is 25.4 Å². The number of sulfonamides is 1. The average Bonchev–Trinajstić information content (AvgIpc) is 2.34. The molecule has 0 aliphatic rings. The van der Waals surface area contributed by atoms with Gasteiger partial charge in [0.1, 0.15) is 5.15 Å². The lowest BCUT2D eigenvalue weighted by Gasteiger charge is -2.22. The van der Waals surface area contributed by atoms with Crippen molar-refractivity contribution < 1.29 is 13.2 Å². The number of halogens is 1. The lowest BCUT2D eigenvalue weighted by Crippen LogP contribution is -2.41. The van der Waals surface area contributed by atoms with Gasteiger partial charge in [-0.05, 0) is 25.0 Å². The zero-order valence-electron chi connectivity index (χ0n) is 11.3. The van der Waals surface area contributed by atoms with Gasteiger partial charge in [-0.25, -0.2) is 18.1 Å². The largest absolute Gasteiger partial charge is 0.380 e. The SMILES string of the molecule is CCOCC(NS(=O)(=O)c1ccnc(Cl)c1)C(C)C. The van der Waals surface area contributed by atoms with Crippen LogP contribution in [-0.4, -0.2) is 32.7 Å². The van der Waals surface area contributed by atoms with Gasteiger partial charge in [0.25, 0.3) is 0 Å². The molecule has 0 amide bonds. The van der Waals surface area contributed by atoms with Crippen molar-refractivity contribution in [2.45, 2.75) is 31.7 Å². The minimum atomic E-state index is -3.61. The van der Waals surface area contributed by atoms with E-state index in [-0.39, 0.29) is 22.0 Å². The molecular weight excluding hydrogens is 288 g/mol. The molecule has 1 aromatic heterocycles. The summed E-state index contributed by atoms with van der Waals surface area (Å²) in [7, 11) is -3.61. The molecule has 5 nitrogen and oxygen atoms in total. The third kappa shape index (κ3) is 5.06. The molecule has 0 bridgehead atoms. The summed E-state index contributed by atoms with van der Waals surface area (Å²) < 4.78 is 32.3. The Balaban J connectivity index is 2.88. The molecule has 0 fully saturated rings. The quantitative estimate of drug-likeness (QED) is 0.783. The molecule has 19 heavy (non-hydrogen) atoms. The molecule has 0 aliphatic carbocycles. The summed E-state index contributed by atoms with van der Waals surface area (Å²) in [5, 5.41) is 0.147. The van der Waals surface area contributed by atoms with Crippen LogP contribution in [-0.2, 0) is 14.8 Å². The highest BCUT2D eigenvalue weighted by atomic mass is 35.5. The van der Waals surface area contributed by atoms with Crippen LogP contribution in [0.5, 0.6) is 0 Å². The second kappa shape index (κ2) is 7.19. The predicted octanol–water partition coefficient (Wildman–Crippen LogP) is 2.07. The van der Waals surface area contributed by atoms with Crippen LogP contribution < -0.4 is 4.72 Å². The Morgan fingerprint density at radius 2 is 2.16 bits per heavy atom. The molecule has 0 aromatic carbocycles. The van der Waals surface area contributed by atoms with Crippen molar-refractivity contribution in [3.05, 3.63) is 23.5 Å². The highest BCUT2D eigenvalue weighted by Gasteiger charge is 2.22. The Morgan fingerprint density at radius 3 is 2.68 bits per heavy atom. The summed E-state index contributed by atoms with van der Waals surface area (Å²) in [5.41, 5.74) is 0. The van der Waals surface area contributed by atoms with E-state index in [9.17, 15) is 8.42 Å². The predicted molar refractivity (Wildman–Crippen MR) is 74.7 cm³/mol. The van der Waals surface area contributed by atoms with Gasteiger partial charge >= 0.3 is 0 Å². The molecule has 0 saturated carbocycles. The molecule has 108 valence electrons. The Kier molecular flexibility index (Phi) is 6.19. The lowest BCUT2D eigenvalue weighted by atomic mass is 10.1. The van der Waals surface area contributed by atoms with E-state index in [2.05, 4.69) is 9.71 Å². The maximum atomic E-state index is 12.2. The van der Waals surface area contributed by atoms with E-state index in [1.165, 1.54) is 18.3 Å². The van der Waals surface area contributed by atoms with Gasteiger partial charge in [0.05, 0.1) is 11.5 Å². The van der Waals surface area contributed by atoms with Crippen molar-refractivity contribution in [2.24, 2.45) is 5.92 Å². The van der Waals surface area contributed by atoms with Crippen molar-refractivity contribution >= 4 is 21.6 Å². The number of hydrogen-bond donors (Lipinski definition) is 1. The van der Waals surface area contributed by atoms with E-state index in [0.29, 0.717) is 13.2 Å². The Bertz CT molecular complexity index is 505. The van der Waals surface area contributed by atoms with Crippen LogP contribution in [0.1, 0.15) is 20.8 Å². The van der Waals surface area contributed by atoms with Crippen LogP contribution in [0, 0.1) is 5.92 Å². The van der Waals surface area contributed by atoms with Gasteiger partial charge in [0.2, 0.25) is 10.0 Å². The van der Waals surface area contributed by atoms with Crippen molar-refractivity contribution in [1.29, 1.82) is 0 Å².